The van der Waals surface area contributed by atoms with Crippen molar-refractivity contribution in [3.8, 4) is 0 Å². The van der Waals surface area contributed by atoms with Gasteiger partial charge in [-0.1, -0.05) is 26.2 Å². The minimum absolute atomic E-state index is 0.0644. The lowest BCUT2D eigenvalue weighted by Crippen LogP contribution is -2.44. The molecule has 0 saturated heterocycles. The van der Waals surface area contributed by atoms with Crippen LogP contribution in [0.25, 0.3) is 0 Å². The van der Waals surface area contributed by atoms with Crippen molar-refractivity contribution < 1.29 is 4.79 Å². The van der Waals surface area contributed by atoms with Gasteiger partial charge in [0.2, 0.25) is 5.91 Å². The van der Waals surface area contributed by atoms with Gasteiger partial charge in [-0.25, -0.2) is 0 Å². The third-order valence-corrected chi connectivity index (χ3v) is 2.19. The maximum absolute atomic E-state index is 11.4. The lowest BCUT2D eigenvalue weighted by molar-refractivity contribution is -0.122. The minimum atomic E-state index is -0.0740. The summed E-state index contributed by atoms with van der Waals surface area (Å²) in [7, 11) is 1.67. The van der Waals surface area contributed by atoms with Gasteiger partial charge in [0, 0.05) is 20.1 Å². The number of likely N-dealkylation sites (N-methyl/N-ethyl adjacent to an activating group) is 1. The number of unbranched alkanes of at least 4 members (excludes halogenated alkanes) is 2. The Morgan fingerprint density at radius 3 is 2.64 bits per heavy atom. The van der Waals surface area contributed by atoms with Gasteiger partial charge in [-0.3, -0.25) is 4.79 Å². The molecule has 1 amide bonds. The second-order valence-corrected chi connectivity index (χ2v) is 3.41. The molecule has 0 heterocycles. The zero-order valence-electron chi connectivity index (χ0n) is 9.31. The van der Waals surface area contributed by atoms with Crippen LogP contribution in [0.2, 0.25) is 0 Å². The van der Waals surface area contributed by atoms with E-state index in [-0.39, 0.29) is 11.9 Å². The first-order valence-corrected chi connectivity index (χ1v) is 5.41. The van der Waals surface area contributed by atoms with Crippen molar-refractivity contribution in [2.24, 2.45) is 5.73 Å². The Morgan fingerprint density at radius 1 is 1.43 bits per heavy atom. The van der Waals surface area contributed by atoms with Crippen LogP contribution < -0.4 is 16.4 Å². The van der Waals surface area contributed by atoms with Crippen molar-refractivity contribution in [1.29, 1.82) is 0 Å². The third kappa shape index (κ3) is 5.94. The van der Waals surface area contributed by atoms with Crippen molar-refractivity contribution in [3.05, 3.63) is 0 Å². The minimum Gasteiger partial charge on any atom is -0.358 e. The summed E-state index contributed by atoms with van der Waals surface area (Å²) < 4.78 is 0. The highest BCUT2D eigenvalue weighted by molar-refractivity contribution is 5.81. The molecule has 0 fully saturated rings. The van der Waals surface area contributed by atoms with E-state index < -0.39 is 0 Å². The normalized spacial score (nSPS) is 12.5. The van der Waals surface area contributed by atoms with Crippen LogP contribution in [0.5, 0.6) is 0 Å². The molecule has 0 unspecified atom stereocenters. The fourth-order valence-electron chi connectivity index (χ4n) is 1.36. The molecule has 84 valence electrons. The molecule has 0 saturated carbocycles. The predicted octanol–water partition coefficient (Wildman–Crippen LogP) is 0.230. The van der Waals surface area contributed by atoms with Gasteiger partial charge in [0.05, 0.1) is 6.04 Å². The molecule has 4 heteroatoms. The molecule has 0 spiro atoms. The molecule has 0 aromatic rings. The van der Waals surface area contributed by atoms with Crippen molar-refractivity contribution in [1.82, 2.24) is 10.6 Å². The fraction of sp³-hybridized carbons (Fsp3) is 0.900. The molecule has 0 rings (SSSR count). The summed E-state index contributed by atoms with van der Waals surface area (Å²) in [5.74, 6) is 0.0644. The van der Waals surface area contributed by atoms with E-state index in [4.69, 9.17) is 5.73 Å². The van der Waals surface area contributed by atoms with E-state index in [0.29, 0.717) is 13.1 Å². The van der Waals surface area contributed by atoms with Crippen molar-refractivity contribution in [2.45, 2.75) is 38.6 Å². The average Bonchev–Trinajstić information content (AvgIpc) is 2.22. The lowest BCUT2D eigenvalue weighted by atomic mass is 10.1. The van der Waals surface area contributed by atoms with Crippen molar-refractivity contribution in [3.63, 3.8) is 0 Å². The van der Waals surface area contributed by atoms with E-state index in [0.717, 1.165) is 12.8 Å². The molecule has 0 aliphatic carbocycles. The SMILES string of the molecule is CCCCC[C@H](NCCN)C(=O)NC. The summed E-state index contributed by atoms with van der Waals surface area (Å²) in [6.07, 6.45) is 4.34. The highest BCUT2D eigenvalue weighted by atomic mass is 16.2. The Balaban J connectivity index is 3.78. The molecular formula is C10H23N3O. The topological polar surface area (TPSA) is 67.1 Å². The number of amides is 1. The fourth-order valence-corrected chi connectivity index (χ4v) is 1.36. The van der Waals surface area contributed by atoms with Crippen LogP contribution >= 0.6 is 0 Å². The first-order chi connectivity index (χ1) is 6.76. The van der Waals surface area contributed by atoms with E-state index in [9.17, 15) is 4.79 Å². The quantitative estimate of drug-likeness (QED) is 0.492. The van der Waals surface area contributed by atoms with Crippen molar-refractivity contribution >= 4 is 5.91 Å². The number of hydrogen-bond acceptors (Lipinski definition) is 3. The molecule has 0 bridgehead atoms. The van der Waals surface area contributed by atoms with Gasteiger partial charge >= 0.3 is 0 Å². The van der Waals surface area contributed by atoms with Crippen LogP contribution in [-0.2, 0) is 4.79 Å². The standard InChI is InChI=1S/C10H23N3O/c1-3-4-5-6-9(10(14)12-2)13-8-7-11/h9,13H,3-8,11H2,1-2H3,(H,12,14)/t9-/m0/s1. The number of rotatable bonds is 8. The van der Waals surface area contributed by atoms with Gasteiger partial charge in [0.15, 0.2) is 0 Å². The zero-order valence-corrected chi connectivity index (χ0v) is 9.31. The summed E-state index contributed by atoms with van der Waals surface area (Å²) in [5, 5.41) is 5.80. The molecule has 0 radical (unpaired) electrons. The highest BCUT2D eigenvalue weighted by Crippen LogP contribution is 2.03. The van der Waals surface area contributed by atoms with E-state index in [2.05, 4.69) is 17.6 Å². The van der Waals surface area contributed by atoms with Gasteiger partial charge < -0.3 is 16.4 Å². The monoisotopic (exact) mass is 201 g/mol. The van der Waals surface area contributed by atoms with Crippen LogP contribution in [-0.4, -0.2) is 32.1 Å². The smallest absolute Gasteiger partial charge is 0.236 e. The summed E-state index contributed by atoms with van der Waals surface area (Å²) in [6.45, 7) is 3.42. The zero-order chi connectivity index (χ0) is 10.8. The molecule has 0 aromatic heterocycles. The lowest BCUT2D eigenvalue weighted by Gasteiger charge is -2.16. The maximum atomic E-state index is 11.4. The van der Waals surface area contributed by atoms with E-state index in [1.807, 2.05) is 0 Å². The Hall–Kier alpha value is -0.610. The number of carbonyl (C=O) groups is 1. The van der Waals surface area contributed by atoms with E-state index in [1.165, 1.54) is 12.8 Å². The summed E-state index contributed by atoms with van der Waals surface area (Å²) in [5.41, 5.74) is 5.38. The summed E-state index contributed by atoms with van der Waals surface area (Å²) in [4.78, 5) is 11.4. The second kappa shape index (κ2) is 8.97. The molecule has 1 atom stereocenters. The van der Waals surface area contributed by atoms with Crippen molar-refractivity contribution in [2.75, 3.05) is 20.1 Å². The molecule has 0 aliphatic heterocycles. The van der Waals surface area contributed by atoms with Crippen LogP contribution in [0, 0.1) is 0 Å². The largest absolute Gasteiger partial charge is 0.358 e. The Bertz CT molecular complexity index is 150. The average molecular weight is 201 g/mol. The molecule has 0 aliphatic rings. The van der Waals surface area contributed by atoms with Gasteiger partial charge in [0.25, 0.3) is 0 Å². The first-order valence-electron chi connectivity index (χ1n) is 5.41. The second-order valence-electron chi connectivity index (χ2n) is 3.41. The summed E-state index contributed by atoms with van der Waals surface area (Å²) in [6, 6.07) is -0.0740. The van der Waals surface area contributed by atoms with Gasteiger partial charge in [-0.15, -0.1) is 0 Å². The van der Waals surface area contributed by atoms with Gasteiger partial charge in [-0.05, 0) is 6.42 Å². The van der Waals surface area contributed by atoms with E-state index in [1.54, 1.807) is 7.05 Å². The highest BCUT2D eigenvalue weighted by Gasteiger charge is 2.14. The number of nitrogens with two attached hydrogens (primary N) is 1. The van der Waals surface area contributed by atoms with Crippen LogP contribution in [0.3, 0.4) is 0 Å². The van der Waals surface area contributed by atoms with Gasteiger partial charge in [0.1, 0.15) is 0 Å². The Labute approximate surface area is 86.6 Å². The van der Waals surface area contributed by atoms with Crippen LogP contribution in [0.15, 0.2) is 0 Å². The van der Waals surface area contributed by atoms with Crippen LogP contribution in [0.4, 0.5) is 0 Å². The van der Waals surface area contributed by atoms with E-state index >= 15 is 0 Å². The molecule has 14 heavy (non-hydrogen) atoms. The predicted molar refractivity (Wildman–Crippen MR) is 59.1 cm³/mol. The third-order valence-electron chi connectivity index (χ3n) is 2.19. The molecule has 0 aromatic carbocycles. The molecule has 4 N–H and O–H groups in total. The molecular weight excluding hydrogens is 178 g/mol. The van der Waals surface area contributed by atoms with Crippen LogP contribution in [0.1, 0.15) is 32.6 Å². The number of hydrogen-bond donors (Lipinski definition) is 3. The maximum Gasteiger partial charge on any atom is 0.236 e. The Morgan fingerprint density at radius 2 is 2.14 bits per heavy atom. The first kappa shape index (κ1) is 13.4. The number of carbonyl (C=O) groups excluding carboxylic acids is 1. The van der Waals surface area contributed by atoms with Gasteiger partial charge in [-0.2, -0.15) is 0 Å². The molecule has 4 nitrogen and oxygen atoms in total. The Kier molecular flexibility index (Phi) is 8.57. The summed E-state index contributed by atoms with van der Waals surface area (Å²) >= 11 is 0. The number of nitrogens with one attached hydrogen (secondary N) is 2.